The van der Waals surface area contributed by atoms with Crippen LogP contribution in [0.15, 0.2) is 18.2 Å². The first-order chi connectivity index (χ1) is 17.8. The summed E-state index contributed by atoms with van der Waals surface area (Å²) < 4.78 is 21.4. The highest BCUT2D eigenvalue weighted by molar-refractivity contribution is 5.77. The number of carboxylic acid groups (broad SMARTS) is 1. The maximum absolute atomic E-state index is 12.5. The Morgan fingerprint density at radius 1 is 0.895 bits per heavy atom. The molecule has 0 heterocycles. The molecule has 0 aromatic heterocycles. The predicted molar refractivity (Wildman–Crippen MR) is 141 cm³/mol. The zero-order chi connectivity index (χ0) is 29.0. The standard InChI is InChI=1S/C28H43NO9/c1-8-9-12-35-28(34)36-19(7)18(6)25(26(29)27(32)33)20-10-11-21(37-23(30)13-16(2)3)22(15-20)38-24(31)14-17(4)5/h10-11,15-19,25-26H,8-9,12-14,29H2,1-7H3,(H,32,33)/t18?,19?,25?,26-/m0/s1. The van der Waals surface area contributed by atoms with Gasteiger partial charge in [0, 0.05) is 24.7 Å². The van der Waals surface area contributed by atoms with E-state index >= 15 is 0 Å². The van der Waals surface area contributed by atoms with Gasteiger partial charge in [-0.2, -0.15) is 0 Å². The minimum atomic E-state index is -1.37. The summed E-state index contributed by atoms with van der Waals surface area (Å²) in [6.07, 6.45) is 0.225. The number of ether oxygens (including phenoxy) is 4. The van der Waals surface area contributed by atoms with Crippen LogP contribution in [-0.2, 0) is 23.9 Å². The molecule has 4 atom stereocenters. The topological polar surface area (TPSA) is 151 Å². The predicted octanol–water partition coefficient (Wildman–Crippen LogP) is 5.06. The van der Waals surface area contributed by atoms with E-state index in [2.05, 4.69) is 0 Å². The lowest BCUT2D eigenvalue weighted by Gasteiger charge is -2.31. The fraction of sp³-hybridized carbons (Fsp3) is 0.643. The average molecular weight is 538 g/mol. The third-order valence-corrected chi connectivity index (χ3v) is 5.93. The molecule has 1 rings (SSSR count). The first-order valence-electron chi connectivity index (χ1n) is 13.1. The SMILES string of the molecule is CCCCOC(=O)OC(C)C(C)C(c1ccc(OC(=O)CC(C)C)c(OC(=O)CC(C)C)c1)[C@H](N)C(=O)O. The monoisotopic (exact) mass is 537 g/mol. The Hall–Kier alpha value is -3.14. The van der Waals surface area contributed by atoms with Crippen LogP contribution in [-0.4, -0.2) is 47.9 Å². The fourth-order valence-corrected chi connectivity index (χ4v) is 3.77. The van der Waals surface area contributed by atoms with Gasteiger partial charge in [0.15, 0.2) is 11.5 Å². The number of hydrogen-bond donors (Lipinski definition) is 2. The summed E-state index contributed by atoms with van der Waals surface area (Å²) in [5.41, 5.74) is 6.50. The van der Waals surface area contributed by atoms with Crippen LogP contribution >= 0.6 is 0 Å². The van der Waals surface area contributed by atoms with Crippen molar-refractivity contribution in [2.45, 2.75) is 92.2 Å². The van der Waals surface area contributed by atoms with Gasteiger partial charge in [-0.3, -0.25) is 14.4 Å². The molecule has 3 unspecified atom stereocenters. The van der Waals surface area contributed by atoms with E-state index < -0.39 is 48.0 Å². The molecule has 10 nitrogen and oxygen atoms in total. The van der Waals surface area contributed by atoms with Crippen molar-refractivity contribution < 1.29 is 43.2 Å². The number of benzene rings is 1. The van der Waals surface area contributed by atoms with Crippen molar-refractivity contribution in [3.8, 4) is 11.5 Å². The number of rotatable bonds is 15. The van der Waals surface area contributed by atoms with E-state index in [4.69, 9.17) is 24.7 Å². The lowest BCUT2D eigenvalue weighted by Crippen LogP contribution is -2.42. The van der Waals surface area contributed by atoms with Crippen LogP contribution in [0.2, 0.25) is 0 Å². The van der Waals surface area contributed by atoms with E-state index in [1.165, 1.54) is 12.1 Å². The van der Waals surface area contributed by atoms with Gasteiger partial charge in [-0.15, -0.1) is 0 Å². The molecule has 0 saturated carbocycles. The number of esters is 2. The molecule has 10 heteroatoms. The van der Waals surface area contributed by atoms with Crippen molar-refractivity contribution in [3.05, 3.63) is 23.8 Å². The second-order valence-electron chi connectivity index (χ2n) is 10.4. The van der Waals surface area contributed by atoms with Crippen LogP contribution in [0.3, 0.4) is 0 Å². The molecule has 0 aliphatic heterocycles. The largest absolute Gasteiger partial charge is 0.508 e. The maximum Gasteiger partial charge on any atom is 0.508 e. The van der Waals surface area contributed by atoms with Gasteiger partial charge in [0.2, 0.25) is 0 Å². The first kappa shape index (κ1) is 32.9. The number of carbonyl (C=O) groups is 4. The summed E-state index contributed by atoms with van der Waals surface area (Å²) in [6, 6.07) is 3.09. The molecular formula is C28H43NO9. The van der Waals surface area contributed by atoms with Gasteiger partial charge in [0.1, 0.15) is 12.1 Å². The minimum Gasteiger partial charge on any atom is -0.480 e. The third-order valence-electron chi connectivity index (χ3n) is 5.93. The van der Waals surface area contributed by atoms with Gasteiger partial charge < -0.3 is 29.8 Å². The first-order valence-corrected chi connectivity index (χ1v) is 13.1. The molecule has 0 bridgehead atoms. The maximum atomic E-state index is 12.5. The van der Waals surface area contributed by atoms with Crippen molar-refractivity contribution in [1.82, 2.24) is 0 Å². The molecule has 0 amide bonds. The Morgan fingerprint density at radius 3 is 1.95 bits per heavy atom. The van der Waals surface area contributed by atoms with Crippen LogP contribution in [0.25, 0.3) is 0 Å². The molecule has 0 aliphatic carbocycles. The molecule has 1 aromatic carbocycles. The highest BCUT2D eigenvalue weighted by atomic mass is 16.7. The van der Waals surface area contributed by atoms with Crippen LogP contribution in [0.5, 0.6) is 11.5 Å². The molecular weight excluding hydrogens is 494 g/mol. The van der Waals surface area contributed by atoms with Gasteiger partial charge in [-0.05, 0) is 42.9 Å². The number of nitrogens with two attached hydrogens (primary N) is 1. The van der Waals surface area contributed by atoms with Crippen molar-refractivity contribution in [1.29, 1.82) is 0 Å². The van der Waals surface area contributed by atoms with E-state index in [1.54, 1.807) is 19.9 Å². The van der Waals surface area contributed by atoms with E-state index in [9.17, 15) is 24.3 Å². The van der Waals surface area contributed by atoms with Crippen molar-refractivity contribution in [2.24, 2.45) is 23.5 Å². The van der Waals surface area contributed by atoms with Gasteiger partial charge in [-0.25, -0.2) is 4.79 Å². The molecule has 0 aliphatic rings. The molecule has 3 N–H and O–H groups in total. The molecule has 0 fully saturated rings. The highest BCUT2D eigenvalue weighted by Crippen LogP contribution is 2.37. The van der Waals surface area contributed by atoms with E-state index in [0.29, 0.717) is 12.0 Å². The lowest BCUT2D eigenvalue weighted by molar-refractivity contribution is -0.140. The summed E-state index contributed by atoms with van der Waals surface area (Å²) in [5.74, 6) is -3.61. The Labute approximate surface area is 225 Å². The van der Waals surface area contributed by atoms with Crippen LogP contribution in [0, 0.1) is 17.8 Å². The Kier molecular flexibility index (Phi) is 13.8. The summed E-state index contributed by atoms with van der Waals surface area (Å²) >= 11 is 0. The molecule has 0 radical (unpaired) electrons. The second kappa shape index (κ2) is 16.0. The quantitative estimate of drug-likeness (QED) is 0.176. The van der Waals surface area contributed by atoms with E-state index in [1.807, 2.05) is 34.6 Å². The molecule has 0 spiro atoms. The third kappa shape index (κ3) is 11.1. The van der Waals surface area contributed by atoms with Gasteiger partial charge in [0.05, 0.1) is 6.61 Å². The number of aliphatic carboxylic acids is 1. The molecule has 0 saturated heterocycles. The van der Waals surface area contributed by atoms with Gasteiger partial charge in [-0.1, -0.05) is 54.0 Å². The molecule has 38 heavy (non-hydrogen) atoms. The number of carbonyl (C=O) groups excluding carboxylic acids is 3. The lowest BCUT2D eigenvalue weighted by atomic mass is 9.79. The summed E-state index contributed by atoms with van der Waals surface area (Å²) in [7, 11) is 0. The van der Waals surface area contributed by atoms with Gasteiger partial charge in [0.25, 0.3) is 0 Å². The minimum absolute atomic E-state index is 0.0207. The Balaban J connectivity index is 3.37. The van der Waals surface area contributed by atoms with Crippen molar-refractivity contribution in [3.63, 3.8) is 0 Å². The van der Waals surface area contributed by atoms with Crippen LogP contribution in [0.4, 0.5) is 4.79 Å². The normalized spacial score (nSPS) is 14.4. The highest BCUT2D eigenvalue weighted by Gasteiger charge is 2.36. The number of carboxylic acids is 1. The fourth-order valence-electron chi connectivity index (χ4n) is 3.77. The van der Waals surface area contributed by atoms with Gasteiger partial charge >= 0.3 is 24.1 Å². The van der Waals surface area contributed by atoms with Crippen LogP contribution < -0.4 is 15.2 Å². The summed E-state index contributed by atoms with van der Waals surface area (Å²) in [6.45, 7) is 13.0. The van der Waals surface area contributed by atoms with Crippen molar-refractivity contribution in [2.75, 3.05) is 6.61 Å². The molecule has 1 aromatic rings. The Morgan fingerprint density at radius 2 is 1.45 bits per heavy atom. The summed E-state index contributed by atoms with van der Waals surface area (Å²) in [4.78, 5) is 48.8. The molecule has 214 valence electrons. The number of unbranched alkanes of at least 4 members (excludes halogenated alkanes) is 1. The van der Waals surface area contributed by atoms with Crippen LogP contribution in [0.1, 0.15) is 85.6 Å². The van der Waals surface area contributed by atoms with E-state index in [0.717, 1.165) is 6.42 Å². The number of hydrogen-bond acceptors (Lipinski definition) is 9. The average Bonchev–Trinajstić information content (AvgIpc) is 2.79. The summed E-state index contributed by atoms with van der Waals surface area (Å²) in [5, 5.41) is 9.73. The smallest absolute Gasteiger partial charge is 0.480 e. The zero-order valence-electron chi connectivity index (χ0n) is 23.5. The zero-order valence-corrected chi connectivity index (χ0v) is 23.5. The second-order valence-corrected chi connectivity index (χ2v) is 10.4. The Bertz CT molecular complexity index is 944. The van der Waals surface area contributed by atoms with Crippen molar-refractivity contribution >= 4 is 24.1 Å². The van der Waals surface area contributed by atoms with E-state index in [-0.39, 0.29) is 42.8 Å².